The van der Waals surface area contributed by atoms with Crippen LogP contribution in [0.5, 0.6) is 11.6 Å². The second-order valence-corrected chi connectivity index (χ2v) is 11.5. The van der Waals surface area contributed by atoms with E-state index in [1.165, 1.54) is 13.2 Å². The van der Waals surface area contributed by atoms with Gasteiger partial charge in [-0.05, 0) is 54.4 Å². The molecule has 2 aliphatic rings. The maximum absolute atomic E-state index is 14.4. The summed E-state index contributed by atoms with van der Waals surface area (Å²) in [5, 5.41) is 9.00. The first-order valence-electron chi connectivity index (χ1n) is 15.2. The zero-order chi connectivity index (χ0) is 31.8. The number of halogens is 1. The number of carbonyl (C=O) groups excluding carboxylic acids is 1. The first-order valence-corrected chi connectivity index (χ1v) is 15.2. The van der Waals surface area contributed by atoms with Crippen molar-refractivity contribution < 1.29 is 28.1 Å². The lowest BCUT2D eigenvalue weighted by Gasteiger charge is -2.28. The van der Waals surface area contributed by atoms with Gasteiger partial charge >= 0.3 is 5.97 Å². The first kappa shape index (κ1) is 29.4. The number of aromatic nitrogens is 3. The van der Waals surface area contributed by atoms with Gasteiger partial charge in [0.1, 0.15) is 24.0 Å². The van der Waals surface area contributed by atoms with E-state index in [9.17, 15) is 9.18 Å². The highest BCUT2D eigenvalue weighted by Gasteiger charge is 2.29. The number of hydrogen-bond donors (Lipinski definition) is 0. The molecule has 0 saturated carbocycles. The molecule has 1 unspecified atom stereocenters. The predicted molar refractivity (Wildman–Crippen MR) is 167 cm³/mol. The zero-order valence-corrected chi connectivity index (χ0v) is 25.5. The van der Waals surface area contributed by atoms with E-state index < -0.39 is 5.82 Å². The minimum Gasteiger partial charge on any atom is -0.492 e. The van der Waals surface area contributed by atoms with Crippen LogP contribution in [0.15, 0.2) is 66.7 Å². The number of nitrogens with zero attached hydrogens (tertiary/aromatic N) is 4. The molecule has 46 heavy (non-hydrogen) atoms. The van der Waals surface area contributed by atoms with Crippen molar-refractivity contribution in [2.45, 2.75) is 44.9 Å². The van der Waals surface area contributed by atoms with E-state index in [2.05, 4.69) is 17.6 Å². The molecule has 1 fully saturated rings. The standard InChI is InChI=1S/C36H31FN4O5/c1-21(35-40-31-11-8-23(36(42)43-2)17-32(31)41(35)19-25-12-14-44-25)26-9-10-28(34-27(26)13-15-45-34)30-4-3-5-33(39-30)46-20-24-7-6-22(18-38)16-29(24)37/h3-11,16-17,21,25H,12-15,19-20H2,1-2H3/t21?,25-/m0/s1. The van der Waals surface area contributed by atoms with Crippen molar-refractivity contribution in [3.63, 3.8) is 0 Å². The molecule has 2 atom stereocenters. The van der Waals surface area contributed by atoms with Crippen molar-refractivity contribution in [2.24, 2.45) is 0 Å². The summed E-state index contributed by atoms with van der Waals surface area (Å²) < 4.78 is 39.4. The fraction of sp³-hybridized carbons (Fsp3) is 0.278. The monoisotopic (exact) mass is 618 g/mol. The van der Waals surface area contributed by atoms with E-state index in [0.29, 0.717) is 35.9 Å². The molecule has 0 bridgehead atoms. The Morgan fingerprint density at radius 3 is 2.76 bits per heavy atom. The normalized spacial score (nSPS) is 15.8. The van der Waals surface area contributed by atoms with Gasteiger partial charge in [0.2, 0.25) is 5.88 Å². The van der Waals surface area contributed by atoms with E-state index in [1.54, 1.807) is 24.3 Å². The number of fused-ring (bicyclic) bond motifs is 2. The summed E-state index contributed by atoms with van der Waals surface area (Å²) in [4.78, 5) is 22.1. The Morgan fingerprint density at radius 2 is 2.00 bits per heavy atom. The Labute approximate surface area is 265 Å². The number of rotatable bonds is 9. The van der Waals surface area contributed by atoms with Crippen LogP contribution < -0.4 is 9.47 Å². The average Bonchev–Trinajstić information content (AvgIpc) is 3.70. The van der Waals surface area contributed by atoms with Crippen molar-refractivity contribution >= 4 is 17.0 Å². The molecule has 0 N–H and O–H groups in total. The number of nitriles is 1. The third-order valence-electron chi connectivity index (χ3n) is 8.68. The number of pyridine rings is 1. The van der Waals surface area contributed by atoms with Crippen LogP contribution in [0, 0.1) is 17.1 Å². The van der Waals surface area contributed by atoms with Crippen molar-refractivity contribution in [3.8, 4) is 29.0 Å². The lowest BCUT2D eigenvalue weighted by Crippen LogP contribution is -2.32. The van der Waals surface area contributed by atoms with E-state index in [4.69, 9.17) is 34.2 Å². The van der Waals surface area contributed by atoms with E-state index in [-0.39, 0.29) is 30.2 Å². The predicted octanol–water partition coefficient (Wildman–Crippen LogP) is 6.35. The topological polar surface area (TPSA) is 108 Å². The molecule has 0 spiro atoms. The molecule has 10 heteroatoms. The Morgan fingerprint density at radius 1 is 1.13 bits per heavy atom. The van der Waals surface area contributed by atoms with Gasteiger partial charge in [-0.1, -0.05) is 25.1 Å². The van der Waals surface area contributed by atoms with E-state index in [0.717, 1.165) is 58.7 Å². The second kappa shape index (κ2) is 12.3. The number of carbonyl (C=O) groups is 1. The molecule has 9 nitrogen and oxygen atoms in total. The van der Waals surface area contributed by atoms with Gasteiger partial charge < -0.3 is 23.5 Å². The summed E-state index contributed by atoms with van der Waals surface area (Å²) >= 11 is 0. The molecule has 3 aromatic carbocycles. The summed E-state index contributed by atoms with van der Waals surface area (Å²) in [6, 6.07) is 21.3. The first-order chi connectivity index (χ1) is 22.4. The molecule has 0 aliphatic carbocycles. The molecule has 2 aromatic heterocycles. The quantitative estimate of drug-likeness (QED) is 0.176. The summed E-state index contributed by atoms with van der Waals surface area (Å²) in [5.41, 5.74) is 6.48. The number of imidazole rings is 1. The molecular formula is C36H31FN4O5. The highest BCUT2D eigenvalue weighted by Crippen LogP contribution is 2.42. The molecule has 0 radical (unpaired) electrons. The van der Waals surface area contributed by atoms with Crippen molar-refractivity contribution in [1.82, 2.24) is 14.5 Å². The number of methoxy groups -OCH3 is 1. The Balaban J connectivity index is 1.20. The van der Waals surface area contributed by atoms with Gasteiger partial charge in [-0.25, -0.2) is 19.2 Å². The van der Waals surface area contributed by atoms with E-state index >= 15 is 0 Å². The Kier molecular flexibility index (Phi) is 7.84. The summed E-state index contributed by atoms with van der Waals surface area (Å²) in [6.07, 6.45) is 1.81. The molecule has 232 valence electrons. The lowest BCUT2D eigenvalue weighted by molar-refractivity contribution is -0.0590. The fourth-order valence-electron chi connectivity index (χ4n) is 6.14. The largest absolute Gasteiger partial charge is 0.492 e. The summed E-state index contributed by atoms with van der Waals surface area (Å²) in [7, 11) is 1.38. The highest BCUT2D eigenvalue weighted by atomic mass is 19.1. The number of hydrogen-bond acceptors (Lipinski definition) is 8. The number of esters is 1. The van der Waals surface area contributed by atoms with Crippen LogP contribution in [0.2, 0.25) is 0 Å². The average molecular weight is 619 g/mol. The van der Waals surface area contributed by atoms with Gasteiger partial charge in [0.25, 0.3) is 0 Å². The molecular weight excluding hydrogens is 587 g/mol. The van der Waals surface area contributed by atoms with Crippen molar-refractivity contribution in [3.05, 3.63) is 106 Å². The molecule has 1 saturated heterocycles. The second-order valence-electron chi connectivity index (χ2n) is 11.5. The lowest BCUT2D eigenvalue weighted by atomic mass is 9.91. The van der Waals surface area contributed by atoms with Crippen LogP contribution in [-0.2, 0) is 29.0 Å². The fourth-order valence-corrected chi connectivity index (χ4v) is 6.14. The third kappa shape index (κ3) is 5.43. The minimum absolute atomic E-state index is 0.0208. The summed E-state index contributed by atoms with van der Waals surface area (Å²) in [5.74, 6) is 1.05. The SMILES string of the molecule is COC(=O)c1ccc2nc(C(C)c3ccc(-c4cccc(OCc5ccc(C#N)cc5F)n4)c4c3CCO4)n(C[C@@H]3CCO3)c2c1. The van der Waals surface area contributed by atoms with Crippen LogP contribution in [0.1, 0.15) is 57.7 Å². The van der Waals surface area contributed by atoms with Gasteiger partial charge in [-0.2, -0.15) is 5.26 Å². The van der Waals surface area contributed by atoms with Crippen LogP contribution >= 0.6 is 0 Å². The molecule has 4 heterocycles. The van der Waals surface area contributed by atoms with Gasteiger partial charge in [0.15, 0.2) is 0 Å². The van der Waals surface area contributed by atoms with Gasteiger partial charge in [-0.15, -0.1) is 0 Å². The molecule has 0 amide bonds. The minimum atomic E-state index is -0.497. The number of ether oxygens (including phenoxy) is 4. The highest BCUT2D eigenvalue weighted by molar-refractivity contribution is 5.93. The smallest absolute Gasteiger partial charge is 0.337 e. The maximum Gasteiger partial charge on any atom is 0.337 e. The van der Waals surface area contributed by atoms with Crippen LogP contribution in [0.25, 0.3) is 22.3 Å². The number of benzene rings is 3. The molecule has 2 aliphatic heterocycles. The maximum atomic E-state index is 14.4. The van der Waals surface area contributed by atoms with Gasteiger partial charge in [0, 0.05) is 41.7 Å². The Hall–Kier alpha value is -5.27. The van der Waals surface area contributed by atoms with Gasteiger partial charge in [0.05, 0.1) is 60.3 Å². The third-order valence-corrected chi connectivity index (χ3v) is 8.68. The van der Waals surface area contributed by atoms with Crippen LogP contribution in [-0.4, -0.2) is 46.9 Å². The van der Waals surface area contributed by atoms with E-state index in [1.807, 2.05) is 36.4 Å². The van der Waals surface area contributed by atoms with Crippen molar-refractivity contribution in [1.29, 1.82) is 5.26 Å². The molecule has 5 aromatic rings. The summed E-state index contributed by atoms with van der Waals surface area (Å²) in [6.45, 7) is 4.06. The van der Waals surface area contributed by atoms with Gasteiger partial charge in [-0.3, -0.25) is 0 Å². The Bertz CT molecular complexity index is 2010. The molecule has 7 rings (SSSR count). The van der Waals surface area contributed by atoms with Crippen LogP contribution in [0.3, 0.4) is 0 Å². The zero-order valence-electron chi connectivity index (χ0n) is 25.5. The van der Waals surface area contributed by atoms with Crippen molar-refractivity contribution in [2.75, 3.05) is 20.3 Å². The van der Waals surface area contributed by atoms with Crippen LogP contribution in [0.4, 0.5) is 4.39 Å².